The largest absolute Gasteiger partial charge is 0.444 e. The third kappa shape index (κ3) is 4.40. The number of hydrogen-bond donors (Lipinski definition) is 0. The molecule has 1 aromatic carbocycles. The summed E-state index contributed by atoms with van der Waals surface area (Å²) in [6.45, 7) is 7.49. The van der Waals surface area contributed by atoms with E-state index in [9.17, 15) is 4.79 Å². The van der Waals surface area contributed by atoms with Gasteiger partial charge in [-0.3, -0.25) is 4.90 Å². The molecule has 2 aromatic rings. The molecule has 0 saturated carbocycles. The SMILES string of the molecule is CSc1ncc(N(c2ccccc2C)[C@H]2C[C@@H]3CC[C@H]([C@H]2F)N3C(=O)OC(C)(C)C)nn1. The van der Waals surface area contributed by atoms with Crippen molar-refractivity contribution in [2.75, 3.05) is 11.2 Å². The number of anilines is 2. The first-order chi connectivity index (χ1) is 15.2. The number of rotatable bonds is 4. The van der Waals surface area contributed by atoms with Crippen LogP contribution in [0.5, 0.6) is 0 Å². The summed E-state index contributed by atoms with van der Waals surface area (Å²) in [6.07, 6.45) is 3.72. The van der Waals surface area contributed by atoms with E-state index < -0.39 is 29.9 Å². The lowest BCUT2D eigenvalue weighted by Gasteiger charge is -2.45. The fourth-order valence-electron chi connectivity index (χ4n) is 4.74. The zero-order valence-electron chi connectivity index (χ0n) is 19.2. The molecule has 4 atom stereocenters. The molecule has 9 heteroatoms. The van der Waals surface area contributed by atoms with Crippen molar-refractivity contribution in [3.63, 3.8) is 0 Å². The molecule has 3 heterocycles. The fourth-order valence-corrected chi connectivity index (χ4v) is 5.02. The number of amides is 1. The summed E-state index contributed by atoms with van der Waals surface area (Å²) in [7, 11) is 0. The van der Waals surface area contributed by atoms with E-state index in [4.69, 9.17) is 4.74 Å². The van der Waals surface area contributed by atoms with Crippen LogP contribution in [0, 0.1) is 6.92 Å². The first-order valence-electron chi connectivity index (χ1n) is 10.9. The molecular formula is C23H30FN5O2S. The number of carbonyl (C=O) groups is 1. The Kier molecular flexibility index (Phi) is 6.29. The Morgan fingerprint density at radius 1 is 1.25 bits per heavy atom. The number of aromatic nitrogens is 3. The lowest BCUT2D eigenvalue weighted by atomic mass is 9.93. The summed E-state index contributed by atoms with van der Waals surface area (Å²) < 4.78 is 21.7. The topological polar surface area (TPSA) is 71.5 Å². The van der Waals surface area contributed by atoms with Gasteiger partial charge in [0.2, 0.25) is 5.16 Å². The molecule has 2 aliphatic heterocycles. The van der Waals surface area contributed by atoms with Gasteiger partial charge in [0.1, 0.15) is 11.8 Å². The average molecular weight is 460 g/mol. The van der Waals surface area contributed by atoms with Gasteiger partial charge in [0.25, 0.3) is 0 Å². The van der Waals surface area contributed by atoms with Crippen molar-refractivity contribution in [3.05, 3.63) is 36.0 Å². The van der Waals surface area contributed by atoms with E-state index in [0.29, 0.717) is 23.8 Å². The normalized spacial score (nSPS) is 25.0. The van der Waals surface area contributed by atoms with E-state index in [1.54, 1.807) is 11.1 Å². The molecule has 32 heavy (non-hydrogen) atoms. The van der Waals surface area contributed by atoms with Crippen LogP contribution in [0.4, 0.5) is 20.7 Å². The van der Waals surface area contributed by atoms with Crippen LogP contribution in [0.25, 0.3) is 0 Å². The molecule has 2 bridgehead atoms. The molecule has 2 aliphatic rings. The van der Waals surface area contributed by atoms with E-state index in [-0.39, 0.29) is 6.04 Å². The van der Waals surface area contributed by atoms with Crippen LogP contribution >= 0.6 is 11.8 Å². The zero-order valence-corrected chi connectivity index (χ0v) is 20.0. The quantitative estimate of drug-likeness (QED) is 0.601. The van der Waals surface area contributed by atoms with Crippen molar-refractivity contribution in [2.24, 2.45) is 0 Å². The predicted octanol–water partition coefficient (Wildman–Crippen LogP) is 4.92. The van der Waals surface area contributed by atoms with E-state index in [1.165, 1.54) is 11.8 Å². The average Bonchev–Trinajstić information content (AvgIpc) is 3.10. The molecule has 4 rings (SSSR count). The van der Waals surface area contributed by atoms with Gasteiger partial charge in [0.15, 0.2) is 5.82 Å². The molecule has 172 valence electrons. The summed E-state index contributed by atoms with van der Waals surface area (Å²) in [4.78, 5) is 20.8. The highest BCUT2D eigenvalue weighted by Gasteiger charge is 2.53. The van der Waals surface area contributed by atoms with E-state index in [1.807, 2.05) is 63.1 Å². The van der Waals surface area contributed by atoms with E-state index in [2.05, 4.69) is 15.2 Å². The Labute approximate surface area is 192 Å². The van der Waals surface area contributed by atoms with Gasteiger partial charge in [-0.05, 0) is 64.8 Å². The number of aryl methyl sites for hydroxylation is 1. The fraction of sp³-hybridized carbons (Fsp3) is 0.565. The van der Waals surface area contributed by atoms with Crippen LogP contribution in [-0.2, 0) is 4.74 Å². The number of thioether (sulfide) groups is 1. The Balaban J connectivity index is 1.69. The number of alkyl halides is 1. The second-order valence-corrected chi connectivity index (χ2v) is 10.2. The van der Waals surface area contributed by atoms with Gasteiger partial charge in [0.05, 0.1) is 18.3 Å². The van der Waals surface area contributed by atoms with Crippen molar-refractivity contribution in [2.45, 2.75) is 82.0 Å². The van der Waals surface area contributed by atoms with Gasteiger partial charge in [0, 0.05) is 11.7 Å². The first-order valence-corrected chi connectivity index (χ1v) is 12.2. The maximum absolute atomic E-state index is 16.1. The molecular weight excluding hydrogens is 429 g/mol. The van der Waals surface area contributed by atoms with Crippen molar-refractivity contribution in [1.29, 1.82) is 0 Å². The highest BCUT2D eigenvalue weighted by molar-refractivity contribution is 7.98. The minimum atomic E-state index is -1.26. The lowest BCUT2D eigenvalue weighted by molar-refractivity contribution is -0.00994. The molecule has 2 fully saturated rings. The van der Waals surface area contributed by atoms with Gasteiger partial charge in [-0.15, -0.1) is 10.2 Å². The van der Waals surface area contributed by atoms with Crippen LogP contribution in [-0.4, -0.2) is 62.3 Å². The summed E-state index contributed by atoms with van der Waals surface area (Å²) in [5.41, 5.74) is 1.27. The number of nitrogens with zero attached hydrogens (tertiary/aromatic N) is 5. The third-order valence-corrected chi connectivity index (χ3v) is 6.62. The Hall–Kier alpha value is -2.42. The summed E-state index contributed by atoms with van der Waals surface area (Å²) in [5, 5.41) is 9.12. The molecule has 0 unspecified atom stereocenters. The molecule has 1 aromatic heterocycles. The van der Waals surface area contributed by atoms with Crippen molar-refractivity contribution < 1.29 is 13.9 Å². The second kappa shape index (κ2) is 8.84. The first kappa shape index (κ1) is 22.8. The molecule has 7 nitrogen and oxygen atoms in total. The molecule has 1 amide bonds. The second-order valence-electron chi connectivity index (χ2n) is 9.39. The van der Waals surface area contributed by atoms with E-state index in [0.717, 1.165) is 17.7 Å². The standard InChI is InChI=1S/C23H30FN5O2S/c1-14-8-6-7-9-16(14)29(19-13-25-21(32-5)27-26-19)18-12-15-10-11-17(20(18)24)28(15)22(30)31-23(2,3)4/h6-9,13,15,17-18,20H,10-12H2,1-5H3/t15-,17+,18-,20+/m0/s1. The minimum Gasteiger partial charge on any atom is -0.444 e. The lowest BCUT2D eigenvalue weighted by Crippen LogP contribution is -2.59. The van der Waals surface area contributed by atoms with Crippen molar-refractivity contribution >= 4 is 29.4 Å². The third-order valence-electron chi connectivity index (χ3n) is 6.06. The van der Waals surface area contributed by atoms with Gasteiger partial charge in [-0.2, -0.15) is 0 Å². The van der Waals surface area contributed by atoms with Crippen LogP contribution in [0.15, 0.2) is 35.6 Å². The zero-order chi connectivity index (χ0) is 23.0. The Morgan fingerprint density at radius 3 is 2.62 bits per heavy atom. The van der Waals surface area contributed by atoms with Gasteiger partial charge in [-0.1, -0.05) is 30.0 Å². The number of para-hydroxylation sites is 1. The monoisotopic (exact) mass is 459 g/mol. The number of piperidine rings is 1. The van der Waals surface area contributed by atoms with Crippen LogP contribution in [0.1, 0.15) is 45.6 Å². The highest BCUT2D eigenvalue weighted by Crippen LogP contribution is 2.43. The van der Waals surface area contributed by atoms with Crippen molar-refractivity contribution in [3.8, 4) is 0 Å². The summed E-state index contributed by atoms with van der Waals surface area (Å²) in [5.74, 6) is 0.509. The van der Waals surface area contributed by atoms with Crippen LogP contribution in [0.3, 0.4) is 0 Å². The highest BCUT2D eigenvalue weighted by atomic mass is 32.2. The number of benzene rings is 1. The van der Waals surface area contributed by atoms with Crippen LogP contribution < -0.4 is 4.90 Å². The van der Waals surface area contributed by atoms with Gasteiger partial charge in [-0.25, -0.2) is 14.2 Å². The smallest absolute Gasteiger partial charge is 0.410 e. The number of fused-ring (bicyclic) bond motifs is 2. The molecule has 0 N–H and O–H groups in total. The minimum absolute atomic E-state index is 0.0789. The predicted molar refractivity (Wildman–Crippen MR) is 123 cm³/mol. The molecule has 0 spiro atoms. The van der Waals surface area contributed by atoms with Gasteiger partial charge >= 0.3 is 6.09 Å². The molecule has 2 saturated heterocycles. The summed E-state index contributed by atoms with van der Waals surface area (Å²) >= 11 is 1.41. The Bertz CT molecular complexity index is 968. The van der Waals surface area contributed by atoms with E-state index >= 15 is 4.39 Å². The number of carbonyl (C=O) groups excluding carboxylic acids is 1. The van der Waals surface area contributed by atoms with Gasteiger partial charge < -0.3 is 9.64 Å². The maximum atomic E-state index is 16.1. The van der Waals surface area contributed by atoms with Crippen molar-refractivity contribution in [1.82, 2.24) is 20.1 Å². The summed E-state index contributed by atoms with van der Waals surface area (Å²) in [6, 6.07) is 6.77. The maximum Gasteiger partial charge on any atom is 0.410 e. The van der Waals surface area contributed by atoms with Crippen LogP contribution in [0.2, 0.25) is 0 Å². The molecule has 0 radical (unpaired) electrons. The number of halogens is 1. The molecule has 0 aliphatic carbocycles. The number of hydrogen-bond acceptors (Lipinski definition) is 7. The Morgan fingerprint density at radius 2 is 2.00 bits per heavy atom. The number of ether oxygens (including phenoxy) is 1.